The number of anilines is 1. The molecule has 0 N–H and O–H groups in total. The van der Waals surface area contributed by atoms with Crippen LogP contribution in [-0.4, -0.2) is 11.9 Å². The van der Waals surface area contributed by atoms with Crippen molar-refractivity contribution in [1.82, 2.24) is 0 Å². The molecule has 0 spiro atoms. The molecular weight excluding hydrogens is 222 g/mol. The van der Waals surface area contributed by atoms with Crippen LogP contribution in [-0.2, 0) is 0 Å². The number of para-hydroxylation sites is 1. The lowest BCUT2D eigenvalue weighted by atomic mass is 10.1. The smallest absolute Gasteiger partial charge is 0.0823 e. The topological polar surface area (TPSA) is 3.24 Å². The summed E-state index contributed by atoms with van der Waals surface area (Å²) in [6.07, 6.45) is 2.01. The van der Waals surface area contributed by atoms with Crippen LogP contribution in [0.1, 0.15) is 26.7 Å². The Morgan fingerprint density at radius 3 is 2.20 bits per heavy atom. The monoisotopic (exact) mass is 241 g/mol. The van der Waals surface area contributed by atoms with Gasteiger partial charge in [0.1, 0.15) is 0 Å². The molecule has 0 heterocycles. The first kappa shape index (κ1) is 12.8. The highest BCUT2D eigenvalue weighted by molar-refractivity contribution is 7.82. The van der Waals surface area contributed by atoms with E-state index >= 15 is 0 Å². The quantitative estimate of drug-likeness (QED) is 0.598. The molecule has 0 saturated carbocycles. The Morgan fingerprint density at radius 2 is 1.73 bits per heavy atom. The maximum atomic E-state index is 4.76. The van der Waals surface area contributed by atoms with E-state index in [1.165, 1.54) is 0 Å². The van der Waals surface area contributed by atoms with E-state index in [1.54, 1.807) is 0 Å². The first-order valence-electron chi connectivity index (χ1n) is 5.29. The molecule has 15 heavy (non-hydrogen) atoms. The second kappa shape index (κ2) is 5.17. The van der Waals surface area contributed by atoms with E-state index in [1.807, 2.05) is 18.2 Å². The Labute approximate surface area is 104 Å². The van der Waals surface area contributed by atoms with Crippen LogP contribution >= 0.6 is 25.3 Å². The van der Waals surface area contributed by atoms with Crippen molar-refractivity contribution in [2.24, 2.45) is 0 Å². The molecule has 1 aromatic carbocycles. The molecule has 0 aliphatic carbocycles. The molecule has 0 unspecified atom stereocenters. The van der Waals surface area contributed by atoms with Crippen molar-refractivity contribution in [2.75, 3.05) is 11.9 Å². The number of hydrogen-bond acceptors (Lipinski definition) is 3. The van der Waals surface area contributed by atoms with Gasteiger partial charge in [0.25, 0.3) is 0 Å². The molecule has 1 nitrogen and oxygen atoms in total. The molecule has 1 aromatic rings. The van der Waals surface area contributed by atoms with Crippen LogP contribution in [0.5, 0.6) is 0 Å². The summed E-state index contributed by atoms with van der Waals surface area (Å²) in [5.74, 6) is 0. The lowest BCUT2D eigenvalue weighted by Gasteiger charge is -2.38. The zero-order valence-electron chi connectivity index (χ0n) is 9.57. The number of benzene rings is 1. The first-order chi connectivity index (χ1) is 7.05. The molecule has 0 amide bonds. The second-order valence-corrected chi connectivity index (χ2v) is 5.05. The van der Waals surface area contributed by atoms with Gasteiger partial charge in [-0.15, -0.1) is 12.6 Å². The van der Waals surface area contributed by atoms with Crippen molar-refractivity contribution in [2.45, 2.75) is 36.5 Å². The molecule has 0 atom stereocenters. The summed E-state index contributed by atoms with van der Waals surface area (Å²) in [5.41, 5.74) is 1.14. The number of hydrogen-bond donors (Lipinski definition) is 2. The Morgan fingerprint density at radius 1 is 1.20 bits per heavy atom. The average molecular weight is 241 g/mol. The fourth-order valence-electron chi connectivity index (χ4n) is 1.70. The van der Waals surface area contributed by atoms with Crippen LogP contribution in [0.3, 0.4) is 0 Å². The zero-order chi connectivity index (χ0) is 11.5. The van der Waals surface area contributed by atoms with Gasteiger partial charge in [0.05, 0.1) is 10.6 Å². The van der Waals surface area contributed by atoms with Crippen LogP contribution in [0.4, 0.5) is 5.69 Å². The van der Waals surface area contributed by atoms with Crippen molar-refractivity contribution in [1.29, 1.82) is 0 Å². The maximum absolute atomic E-state index is 4.76. The van der Waals surface area contributed by atoms with Gasteiger partial charge in [0.15, 0.2) is 0 Å². The van der Waals surface area contributed by atoms with Gasteiger partial charge < -0.3 is 4.90 Å². The van der Waals surface area contributed by atoms with Gasteiger partial charge in [-0.3, -0.25) is 0 Å². The Hall–Kier alpha value is -0.280. The molecule has 3 heteroatoms. The minimum atomic E-state index is -0.0845. The van der Waals surface area contributed by atoms with Gasteiger partial charge in [-0.25, -0.2) is 0 Å². The average Bonchev–Trinajstić information content (AvgIpc) is 2.28. The predicted octanol–water partition coefficient (Wildman–Crippen LogP) is 3.86. The standard InChI is InChI=1S/C12H19NS2/c1-4-12(15,5-2)13(3)10-8-6-7-9-11(10)14/h6-9,14-15H,4-5H2,1-3H3. The molecule has 84 valence electrons. The van der Waals surface area contributed by atoms with Gasteiger partial charge in [-0.05, 0) is 25.0 Å². The summed E-state index contributed by atoms with van der Waals surface area (Å²) in [6.45, 7) is 4.32. The predicted molar refractivity (Wildman–Crippen MR) is 74.4 cm³/mol. The summed E-state index contributed by atoms with van der Waals surface area (Å²) in [6, 6.07) is 8.12. The normalized spacial score (nSPS) is 11.5. The summed E-state index contributed by atoms with van der Waals surface area (Å²) in [4.78, 5) is 3.12. The molecule has 0 fully saturated rings. The lowest BCUT2D eigenvalue weighted by molar-refractivity contribution is 0.540. The van der Waals surface area contributed by atoms with Crippen molar-refractivity contribution in [3.05, 3.63) is 24.3 Å². The Bertz CT molecular complexity index is 321. The minimum absolute atomic E-state index is 0.0845. The van der Waals surface area contributed by atoms with Gasteiger partial charge in [0, 0.05) is 11.9 Å². The van der Waals surface area contributed by atoms with E-state index < -0.39 is 0 Å². The summed E-state index contributed by atoms with van der Waals surface area (Å²) < 4.78 is 0. The third-order valence-electron chi connectivity index (χ3n) is 3.00. The highest BCUT2D eigenvalue weighted by Crippen LogP contribution is 2.34. The SMILES string of the molecule is CCC(S)(CC)N(C)c1ccccc1S. The molecule has 0 saturated heterocycles. The molecule has 0 aliphatic heterocycles. The van der Waals surface area contributed by atoms with Crippen molar-refractivity contribution in [3.8, 4) is 0 Å². The van der Waals surface area contributed by atoms with E-state index in [2.05, 4.69) is 44.5 Å². The van der Waals surface area contributed by atoms with E-state index in [0.29, 0.717) is 0 Å². The van der Waals surface area contributed by atoms with Gasteiger partial charge >= 0.3 is 0 Å². The van der Waals surface area contributed by atoms with Crippen LogP contribution in [0.15, 0.2) is 29.2 Å². The van der Waals surface area contributed by atoms with Crippen LogP contribution in [0.25, 0.3) is 0 Å². The molecule has 0 aromatic heterocycles. The highest BCUT2D eigenvalue weighted by Gasteiger charge is 2.27. The fourth-order valence-corrected chi connectivity index (χ4v) is 2.11. The minimum Gasteiger partial charge on any atom is -0.359 e. The highest BCUT2D eigenvalue weighted by atomic mass is 32.1. The number of nitrogens with zero attached hydrogens (tertiary/aromatic N) is 1. The van der Waals surface area contributed by atoms with Crippen molar-refractivity contribution >= 4 is 30.9 Å². The van der Waals surface area contributed by atoms with Crippen LogP contribution in [0.2, 0.25) is 0 Å². The summed E-state index contributed by atoms with van der Waals surface area (Å²) in [7, 11) is 2.08. The molecular formula is C12H19NS2. The summed E-state index contributed by atoms with van der Waals surface area (Å²) in [5, 5.41) is 0. The first-order valence-corrected chi connectivity index (χ1v) is 6.18. The van der Waals surface area contributed by atoms with E-state index in [0.717, 1.165) is 23.4 Å². The van der Waals surface area contributed by atoms with E-state index in [-0.39, 0.29) is 4.87 Å². The zero-order valence-corrected chi connectivity index (χ0v) is 11.4. The van der Waals surface area contributed by atoms with Crippen LogP contribution < -0.4 is 4.90 Å². The lowest BCUT2D eigenvalue weighted by Crippen LogP contribution is -2.40. The largest absolute Gasteiger partial charge is 0.359 e. The Kier molecular flexibility index (Phi) is 4.41. The molecule has 0 aliphatic rings. The molecule has 0 radical (unpaired) electrons. The number of thiol groups is 2. The van der Waals surface area contributed by atoms with Crippen molar-refractivity contribution < 1.29 is 0 Å². The van der Waals surface area contributed by atoms with E-state index in [4.69, 9.17) is 12.6 Å². The van der Waals surface area contributed by atoms with Crippen molar-refractivity contribution in [3.63, 3.8) is 0 Å². The third kappa shape index (κ3) is 2.64. The van der Waals surface area contributed by atoms with Gasteiger partial charge in [-0.2, -0.15) is 12.6 Å². The molecule has 0 bridgehead atoms. The van der Waals surface area contributed by atoms with E-state index in [9.17, 15) is 0 Å². The third-order valence-corrected chi connectivity index (χ3v) is 4.31. The van der Waals surface area contributed by atoms with Gasteiger partial charge in [0.2, 0.25) is 0 Å². The fraction of sp³-hybridized carbons (Fsp3) is 0.500. The van der Waals surface area contributed by atoms with Gasteiger partial charge in [-0.1, -0.05) is 26.0 Å². The molecule has 1 rings (SSSR count). The Balaban J connectivity index is 3.03. The summed E-state index contributed by atoms with van der Waals surface area (Å²) >= 11 is 9.24. The van der Waals surface area contributed by atoms with Crippen LogP contribution in [0, 0.1) is 0 Å². The second-order valence-electron chi connectivity index (χ2n) is 3.74. The maximum Gasteiger partial charge on any atom is 0.0823 e. The number of rotatable bonds is 4.